The van der Waals surface area contributed by atoms with Crippen molar-refractivity contribution >= 4 is 17.6 Å². The number of carboxylic acid groups (broad SMARTS) is 1. The van der Waals surface area contributed by atoms with Gasteiger partial charge in [0.1, 0.15) is 11.9 Å². The average Bonchev–Trinajstić information content (AvgIpc) is 2.91. The van der Waals surface area contributed by atoms with Crippen LogP contribution in [0.2, 0.25) is 0 Å². The zero-order valence-corrected chi connectivity index (χ0v) is 21.6. The summed E-state index contributed by atoms with van der Waals surface area (Å²) >= 11 is 0. The van der Waals surface area contributed by atoms with Crippen molar-refractivity contribution in [2.24, 2.45) is 5.92 Å². The van der Waals surface area contributed by atoms with Gasteiger partial charge in [-0.2, -0.15) is 0 Å². The van der Waals surface area contributed by atoms with Crippen molar-refractivity contribution in [2.45, 2.75) is 52.0 Å². The zero-order chi connectivity index (χ0) is 27.2. The summed E-state index contributed by atoms with van der Waals surface area (Å²) in [6.45, 7) is 5.03. The molecular weight excluding hydrogens is 486 g/mol. The Bertz CT molecular complexity index is 1270. The maximum absolute atomic E-state index is 12.6. The molecule has 0 bridgehead atoms. The molecule has 0 radical (unpaired) electrons. The molecule has 2 aromatic heterocycles. The van der Waals surface area contributed by atoms with E-state index in [0.29, 0.717) is 23.9 Å². The number of carbonyl (C=O) groups excluding carboxylic acids is 1. The molecule has 1 amide bonds. The lowest BCUT2D eigenvalue weighted by Crippen LogP contribution is -2.40. The van der Waals surface area contributed by atoms with Gasteiger partial charge in [-0.3, -0.25) is 4.79 Å². The maximum Gasteiger partial charge on any atom is 0.326 e. The summed E-state index contributed by atoms with van der Waals surface area (Å²) in [5.41, 5.74) is 3.48. The largest absolute Gasteiger partial charge is 0.504 e. The molecule has 38 heavy (non-hydrogen) atoms. The van der Waals surface area contributed by atoms with Crippen molar-refractivity contribution in [3.8, 4) is 11.6 Å². The van der Waals surface area contributed by atoms with E-state index in [9.17, 15) is 24.9 Å². The molecule has 4 N–H and O–H groups in total. The molecular formula is C28H33N5O5. The quantitative estimate of drug-likeness (QED) is 0.334. The smallest absolute Gasteiger partial charge is 0.326 e. The predicted octanol–water partition coefficient (Wildman–Crippen LogP) is 3.23. The highest BCUT2D eigenvalue weighted by molar-refractivity contribution is 5.97. The highest BCUT2D eigenvalue weighted by Crippen LogP contribution is 2.27. The molecule has 1 atom stereocenters. The van der Waals surface area contributed by atoms with Crippen molar-refractivity contribution in [3.05, 3.63) is 70.9 Å². The number of benzene rings is 1. The Labute approximate surface area is 221 Å². The monoisotopic (exact) mass is 519 g/mol. The summed E-state index contributed by atoms with van der Waals surface area (Å²) in [4.78, 5) is 38.9. The van der Waals surface area contributed by atoms with Gasteiger partial charge in [-0.25, -0.2) is 19.7 Å². The summed E-state index contributed by atoms with van der Waals surface area (Å²) in [6, 6.07) is 10.9. The predicted molar refractivity (Wildman–Crippen MR) is 141 cm³/mol. The lowest BCUT2D eigenvalue weighted by atomic mass is 9.92. The molecule has 1 saturated heterocycles. The standard InChI is InChI=1S/C28H33N5O5/c1-3-22(28(37)38)31-27(36)25-26(35)17(2)30-23(32-25)15-19-10-12-33(13-11-19)21-7-4-18(5-8-21)14-20-6-9-24(34)29-16-20/h4-9,16,19,22,35H,3,10-15H2,1-2H3,(H,29,34)(H,31,36)(H,37,38). The molecule has 3 heterocycles. The van der Waals surface area contributed by atoms with E-state index >= 15 is 0 Å². The number of hydrogen-bond acceptors (Lipinski definition) is 8. The molecule has 1 aliphatic rings. The van der Waals surface area contributed by atoms with Crippen LogP contribution in [-0.2, 0) is 17.6 Å². The van der Waals surface area contributed by atoms with Gasteiger partial charge in [-0.05, 0) is 61.8 Å². The number of amides is 1. The van der Waals surface area contributed by atoms with Crippen LogP contribution in [0, 0.1) is 12.8 Å². The minimum absolute atomic E-state index is 0.0198. The molecule has 1 aliphatic heterocycles. The second kappa shape index (κ2) is 11.9. The van der Waals surface area contributed by atoms with Crippen LogP contribution in [-0.4, -0.2) is 61.3 Å². The summed E-state index contributed by atoms with van der Waals surface area (Å²) in [5, 5.41) is 31.3. The SMILES string of the molecule is CCC(NC(=O)c1nc(CC2CCN(c3ccc(Cc4ccc(O)nc4)cc3)CC2)nc(C)c1O)C(=O)O. The van der Waals surface area contributed by atoms with Gasteiger partial charge < -0.3 is 25.5 Å². The first-order valence-electron chi connectivity index (χ1n) is 12.8. The normalized spacial score (nSPS) is 14.7. The summed E-state index contributed by atoms with van der Waals surface area (Å²) in [6.07, 6.45) is 5.09. The number of hydrogen-bond donors (Lipinski definition) is 4. The second-order valence-electron chi connectivity index (χ2n) is 9.70. The van der Waals surface area contributed by atoms with E-state index in [-0.39, 0.29) is 23.7 Å². The van der Waals surface area contributed by atoms with Crippen molar-refractivity contribution < 1.29 is 24.9 Å². The fourth-order valence-electron chi connectivity index (χ4n) is 4.67. The number of rotatable bonds is 9. The number of nitrogens with one attached hydrogen (secondary N) is 1. The number of pyridine rings is 1. The van der Waals surface area contributed by atoms with Crippen LogP contribution < -0.4 is 10.2 Å². The number of aromatic nitrogens is 3. The zero-order valence-electron chi connectivity index (χ0n) is 21.6. The summed E-state index contributed by atoms with van der Waals surface area (Å²) in [5.74, 6) is -1.36. The van der Waals surface area contributed by atoms with Gasteiger partial charge in [0.25, 0.3) is 5.91 Å². The van der Waals surface area contributed by atoms with Crippen LogP contribution in [0.15, 0.2) is 42.6 Å². The Morgan fingerprint density at radius 3 is 2.34 bits per heavy atom. The average molecular weight is 520 g/mol. The topological polar surface area (TPSA) is 149 Å². The number of aromatic hydroxyl groups is 2. The Balaban J connectivity index is 1.34. The van der Waals surface area contributed by atoms with Crippen molar-refractivity contribution in [2.75, 3.05) is 18.0 Å². The van der Waals surface area contributed by atoms with E-state index in [1.807, 2.05) is 6.07 Å². The fraction of sp³-hybridized carbons (Fsp3) is 0.393. The van der Waals surface area contributed by atoms with Gasteiger partial charge in [0.2, 0.25) is 5.88 Å². The Kier molecular flexibility index (Phi) is 8.40. The van der Waals surface area contributed by atoms with Gasteiger partial charge >= 0.3 is 5.97 Å². The highest BCUT2D eigenvalue weighted by atomic mass is 16.4. The van der Waals surface area contributed by atoms with Crippen LogP contribution in [0.5, 0.6) is 11.6 Å². The first-order chi connectivity index (χ1) is 18.2. The maximum atomic E-state index is 12.6. The molecule has 0 saturated carbocycles. The summed E-state index contributed by atoms with van der Waals surface area (Å²) < 4.78 is 0. The molecule has 1 fully saturated rings. The van der Waals surface area contributed by atoms with E-state index < -0.39 is 17.9 Å². The van der Waals surface area contributed by atoms with E-state index in [1.54, 1.807) is 26.1 Å². The number of nitrogens with zero attached hydrogens (tertiary/aromatic N) is 4. The number of aryl methyl sites for hydroxylation is 1. The molecule has 10 nitrogen and oxygen atoms in total. The molecule has 1 unspecified atom stereocenters. The molecule has 1 aromatic carbocycles. The molecule has 3 aromatic rings. The van der Waals surface area contributed by atoms with Crippen LogP contribution in [0.25, 0.3) is 0 Å². The van der Waals surface area contributed by atoms with Gasteiger partial charge in [0.15, 0.2) is 11.4 Å². The number of piperidine rings is 1. The van der Waals surface area contributed by atoms with Gasteiger partial charge in [-0.15, -0.1) is 0 Å². The molecule has 10 heteroatoms. The Hall–Kier alpha value is -4.21. The Morgan fingerprint density at radius 2 is 1.74 bits per heavy atom. The van der Waals surface area contributed by atoms with Gasteiger partial charge in [-0.1, -0.05) is 25.1 Å². The first kappa shape index (κ1) is 26.8. The third-order valence-corrected chi connectivity index (χ3v) is 6.94. The van der Waals surface area contributed by atoms with Gasteiger partial charge in [0.05, 0.1) is 5.69 Å². The minimum Gasteiger partial charge on any atom is -0.504 e. The minimum atomic E-state index is -1.14. The third kappa shape index (κ3) is 6.56. The van der Waals surface area contributed by atoms with Crippen LogP contribution >= 0.6 is 0 Å². The van der Waals surface area contributed by atoms with E-state index in [4.69, 9.17) is 0 Å². The second-order valence-corrected chi connectivity index (χ2v) is 9.70. The van der Waals surface area contributed by atoms with Crippen LogP contribution in [0.1, 0.15) is 59.3 Å². The van der Waals surface area contributed by atoms with E-state index in [1.165, 1.54) is 5.56 Å². The van der Waals surface area contributed by atoms with E-state index in [2.05, 4.69) is 49.4 Å². The van der Waals surface area contributed by atoms with Crippen molar-refractivity contribution in [1.82, 2.24) is 20.3 Å². The molecule has 0 spiro atoms. The molecule has 4 rings (SSSR count). The molecule has 0 aliphatic carbocycles. The lowest BCUT2D eigenvalue weighted by molar-refractivity contribution is -0.139. The van der Waals surface area contributed by atoms with Crippen molar-refractivity contribution in [3.63, 3.8) is 0 Å². The number of anilines is 1. The lowest BCUT2D eigenvalue weighted by Gasteiger charge is -2.33. The van der Waals surface area contributed by atoms with Crippen molar-refractivity contribution in [1.29, 1.82) is 0 Å². The number of aliphatic carboxylic acids is 1. The summed E-state index contributed by atoms with van der Waals surface area (Å²) in [7, 11) is 0. The van der Waals surface area contributed by atoms with Crippen LogP contribution in [0.4, 0.5) is 5.69 Å². The highest BCUT2D eigenvalue weighted by Gasteiger charge is 2.25. The van der Waals surface area contributed by atoms with Gasteiger partial charge in [0, 0.05) is 37.5 Å². The first-order valence-corrected chi connectivity index (χ1v) is 12.8. The van der Waals surface area contributed by atoms with E-state index in [0.717, 1.165) is 43.6 Å². The number of carboxylic acids is 1. The molecule has 200 valence electrons. The third-order valence-electron chi connectivity index (χ3n) is 6.94. The Morgan fingerprint density at radius 1 is 1.05 bits per heavy atom. The number of carbonyl (C=O) groups is 2. The van der Waals surface area contributed by atoms with Crippen LogP contribution in [0.3, 0.4) is 0 Å². The fourth-order valence-corrected chi connectivity index (χ4v) is 4.67.